The molecule has 2 atom stereocenters. The van der Waals surface area contributed by atoms with Crippen molar-refractivity contribution in [2.24, 2.45) is 0 Å². The lowest BCUT2D eigenvalue weighted by atomic mass is 9.90. The molecule has 0 saturated heterocycles. The number of carbonyl (C=O) groups is 2. The van der Waals surface area contributed by atoms with Gasteiger partial charge < -0.3 is 33.1 Å². The molecule has 6 aromatic rings. The lowest BCUT2D eigenvalue weighted by molar-refractivity contribution is 0.00817. The molecule has 2 aliphatic heterocycles. The third kappa shape index (κ3) is 8.28. The molecule has 4 amide bonds. The third-order valence-corrected chi connectivity index (χ3v) is 11.6. The molecular formula is C48H52N6O7. The maximum atomic E-state index is 13.8. The SMILES string of the molecule is Cc1noc(C)c1-c1ccc2c(c1)C(c1ccccc1)N(CCOCCOCCOCCN1C(=O)N(C)c3ccc(-c4c(C)noc4C)cc3C1c1ccccc1)C(=O)N2C. The minimum absolute atomic E-state index is 0.0950. The fourth-order valence-electron chi connectivity index (χ4n) is 8.71. The van der Waals surface area contributed by atoms with Crippen LogP contribution in [0.25, 0.3) is 22.3 Å². The number of aryl methyl sites for hydroxylation is 4. The van der Waals surface area contributed by atoms with E-state index in [1.807, 2.05) is 112 Å². The topological polar surface area (TPSA) is 127 Å². The van der Waals surface area contributed by atoms with Gasteiger partial charge in [-0.05, 0) is 74.2 Å². The van der Waals surface area contributed by atoms with Crippen LogP contribution >= 0.6 is 0 Å². The zero-order valence-corrected chi connectivity index (χ0v) is 35.6. The fraction of sp³-hybridized carbons (Fsp3) is 0.333. The van der Waals surface area contributed by atoms with E-state index in [0.29, 0.717) is 52.7 Å². The second kappa shape index (κ2) is 18.1. The van der Waals surface area contributed by atoms with Gasteiger partial charge in [-0.3, -0.25) is 9.80 Å². The van der Waals surface area contributed by atoms with Crippen molar-refractivity contribution in [3.63, 3.8) is 0 Å². The summed E-state index contributed by atoms with van der Waals surface area (Å²) in [5.41, 5.74) is 11.4. The summed E-state index contributed by atoms with van der Waals surface area (Å²) in [5.74, 6) is 1.51. The monoisotopic (exact) mass is 824 g/mol. The molecule has 0 aliphatic carbocycles. The number of rotatable bonds is 16. The molecule has 0 spiro atoms. The smallest absolute Gasteiger partial charge is 0.325 e. The Balaban J connectivity index is 0.839. The van der Waals surface area contributed by atoms with E-state index in [-0.39, 0.29) is 24.1 Å². The van der Waals surface area contributed by atoms with Crippen molar-refractivity contribution in [2.45, 2.75) is 39.8 Å². The molecule has 4 aromatic carbocycles. The highest BCUT2D eigenvalue weighted by Gasteiger charge is 2.39. The normalized spacial score (nSPS) is 16.4. The summed E-state index contributed by atoms with van der Waals surface area (Å²) < 4.78 is 28.8. The zero-order valence-electron chi connectivity index (χ0n) is 35.6. The van der Waals surface area contributed by atoms with Crippen LogP contribution in [0.4, 0.5) is 21.0 Å². The summed E-state index contributed by atoms with van der Waals surface area (Å²) in [5, 5.41) is 8.33. The molecule has 2 aromatic heterocycles. The molecule has 0 radical (unpaired) electrons. The molecule has 0 bridgehead atoms. The summed E-state index contributed by atoms with van der Waals surface area (Å²) in [4.78, 5) is 34.8. The summed E-state index contributed by atoms with van der Waals surface area (Å²) in [6, 6.07) is 31.7. The number of ether oxygens (including phenoxy) is 3. The van der Waals surface area contributed by atoms with Crippen molar-refractivity contribution in [1.29, 1.82) is 0 Å². The molecule has 8 rings (SSSR count). The van der Waals surface area contributed by atoms with E-state index < -0.39 is 0 Å². The van der Waals surface area contributed by atoms with Crippen LogP contribution in [0.5, 0.6) is 0 Å². The number of hydrogen-bond donors (Lipinski definition) is 0. The van der Waals surface area contributed by atoms with E-state index in [0.717, 1.165) is 78.8 Å². The molecular weight excluding hydrogens is 773 g/mol. The van der Waals surface area contributed by atoms with E-state index in [1.165, 1.54) is 0 Å². The van der Waals surface area contributed by atoms with Crippen LogP contribution in [0, 0.1) is 27.7 Å². The number of fused-ring (bicyclic) bond motifs is 2. The standard InChI is InChI=1S/C48H52N6O7/c1-31-43(33(3)60-49-31)37-17-19-41-39(29-37)45(35-13-9-7-10-14-35)53(47(55)51(41)5)21-23-57-25-27-59-28-26-58-24-22-54-46(36-15-11-8-12-16-36)40-30-38(44-32(2)50-61-34(44)4)18-20-42(40)52(6)48(54)56/h7-20,29-30,45-46H,21-28H2,1-6H3. The number of carbonyl (C=O) groups excluding carboxylic acids is 2. The Morgan fingerprint density at radius 2 is 0.902 bits per heavy atom. The second-order valence-corrected chi connectivity index (χ2v) is 15.5. The van der Waals surface area contributed by atoms with Gasteiger partial charge in [0.05, 0.1) is 74.5 Å². The lowest BCUT2D eigenvalue weighted by Crippen LogP contribution is -2.49. The van der Waals surface area contributed by atoms with Crippen LogP contribution in [-0.4, -0.2) is 99.0 Å². The lowest BCUT2D eigenvalue weighted by Gasteiger charge is -2.42. The Morgan fingerprint density at radius 3 is 1.26 bits per heavy atom. The molecule has 0 saturated carbocycles. The van der Waals surface area contributed by atoms with Crippen LogP contribution in [0.1, 0.15) is 57.2 Å². The van der Waals surface area contributed by atoms with Crippen LogP contribution in [0.3, 0.4) is 0 Å². The Hall–Kier alpha value is -6.28. The maximum absolute atomic E-state index is 13.8. The first kappa shape index (κ1) is 41.5. The summed E-state index contributed by atoms with van der Waals surface area (Å²) in [6.45, 7) is 10.6. The number of anilines is 2. The number of benzene rings is 4. The van der Waals surface area contributed by atoms with Crippen molar-refractivity contribution in [3.05, 3.63) is 142 Å². The van der Waals surface area contributed by atoms with Gasteiger partial charge in [-0.2, -0.15) is 0 Å². The first-order chi connectivity index (χ1) is 29.6. The Kier molecular flexibility index (Phi) is 12.3. The van der Waals surface area contributed by atoms with Crippen LogP contribution < -0.4 is 9.80 Å². The molecule has 316 valence electrons. The zero-order chi connectivity index (χ0) is 42.6. The predicted molar refractivity (Wildman–Crippen MR) is 233 cm³/mol. The highest BCUT2D eigenvalue weighted by atomic mass is 16.5. The van der Waals surface area contributed by atoms with E-state index in [4.69, 9.17) is 23.3 Å². The average molecular weight is 825 g/mol. The van der Waals surface area contributed by atoms with Crippen molar-refractivity contribution >= 4 is 23.4 Å². The molecule has 0 N–H and O–H groups in total. The number of nitrogens with zero attached hydrogens (tertiary/aromatic N) is 6. The molecule has 4 heterocycles. The van der Waals surface area contributed by atoms with Crippen molar-refractivity contribution in [3.8, 4) is 22.3 Å². The fourth-order valence-corrected chi connectivity index (χ4v) is 8.71. The van der Waals surface area contributed by atoms with Gasteiger partial charge in [0.1, 0.15) is 11.5 Å². The van der Waals surface area contributed by atoms with E-state index in [2.05, 4.69) is 46.7 Å². The molecule has 2 unspecified atom stereocenters. The van der Waals surface area contributed by atoms with Gasteiger partial charge in [-0.15, -0.1) is 0 Å². The largest absolute Gasteiger partial charge is 0.377 e. The summed E-state index contributed by atoms with van der Waals surface area (Å²) in [6.07, 6.45) is 0. The Morgan fingerprint density at radius 1 is 0.525 bits per heavy atom. The van der Waals surface area contributed by atoms with Crippen molar-refractivity contribution < 1.29 is 32.8 Å². The Bertz CT molecular complexity index is 2270. The first-order valence-corrected chi connectivity index (χ1v) is 20.7. The highest BCUT2D eigenvalue weighted by Crippen LogP contribution is 2.44. The first-order valence-electron chi connectivity index (χ1n) is 20.7. The average Bonchev–Trinajstić information content (AvgIpc) is 3.80. The molecule has 61 heavy (non-hydrogen) atoms. The summed E-state index contributed by atoms with van der Waals surface area (Å²) >= 11 is 0. The minimum atomic E-state index is -0.304. The van der Waals surface area contributed by atoms with Crippen molar-refractivity contribution in [2.75, 3.05) is 76.6 Å². The summed E-state index contributed by atoms with van der Waals surface area (Å²) in [7, 11) is 3.62. The van der Waals surface area contributed by atoms with Crippen molar-refractivity contribution in [1.82, 2.24) is 20.1 Å². The van der Waals surface area contributed by atoms with Gasteiger partial charge in [0.15, 0.2) is 0 Å². The number of amides is 4. The second-order valence-electron chi connectivity index (χ2n) is 15.5. The molecule has 2 aliphatic rings. The Labute approximate surface area is 356 Å². The molecule has 13 nitrogen and oxygen atoms in total. The number of urea groups is 2. The number of hydrogen-bond acceptors (Lipinski definition) is 9. The van der Waals surface area contributed by atoms with Gasteiger partial charge in [-0.1, -0.05) is 83.1 Å². The van der Waals surface area contributed by atoms with Gasteiger partial charge in [-0.25, -0.2) is 9.59 Å². The maximum Gasteiger partial charge on any atom is 0.325 e. The van der Waals surface area contributed by atoms with Crippen LogP contribution in [-0.2, 0) is 14.2 Å². The van der Waals surface area contributed by atoms with Gasteiger partial charge >= 0.3 is 12.1 Å². The van der Waals surface area contributed by atoms with E-state index in [1.54, 1.807) is 9.80 Å². The molecule has 13 heteroatoms. The molecule has 0 fully saturated rings. The highest BCUT2D eigenvalue weighted by molar-refractivity contribution is 5.97. The third-order valence-electron chi connectivity index (χ3n) is 11.6. The van der Waals surface area contributed by atoms with E-state index >= 15 is 0 Å². The quantitative estimate of drug-likeness (QED) is 0.0880. The van der Waals surface area contributed by atoms with Crippen LogP contribution in [0.15, 0.2) is 106 Å². The minimum Gasteiger partial charge on any atom is -0.377 e. The van der Waals surface area contributed by atoms with Gasteiger partial charge in [0.2, 0.25) is 0 Å². The number of aromatic nitrogens is 2. The van der Waals surface area contributed by atoms with E-state index in [9.17, 15) is 9.59 Å². The van der Waals surface area contributed by atoms with Gasteiger partial charge in [0.25, 0.3) is 0 Å². The predicted octanol–water partition coefficient (Wildman–Crippen LogP) is 8.90. The van der Waals surface area contributed by atoms with Crippen LogP contribution in [0.2, 0.25) is 0 Å². The van der Waals surface area contributed by atoms with Gasteiger partial charge in [0, 0.05) is 49.4 Å².